The summed E-state index contributed by atoms with van der Waals surface area (Å²) in [7, 11) is 1.31. The SMILES string of the molecule is CCc1cc(C(=O)OC)c(NC(=O)Cc2c(Cl)cccc2Cl)s1. The molecule has 1 heterocycles. The van der Waals surface area contributed by atoms with E-state index >= 15 is 0 Å². The average molecular weight is 372 g/mol. The minimum Gasteiger partial charge on any atom is -0.465 e. The van der Waals surface area contributed by atoms with Gasteiger partial charge in [0, 0.05) is 14.9 Å². The number of amides is 1. The molecule has 0 bridgehead atoms. The second-order valence-electron chi connectivity index (χ2n) is 4.73. The molecular weight excluding hydrogens is 357 g/mol. The van der Waals surface area contributed by atoms with Crippen molar-refractivity contribution in [3.05, 3.63) is 50.3 Å². The Hall–Kier alpha value is -1.56. The molecule has 0 saturated carbocycles. The van der Waals surface area contributed by atoms with Crippen LogP contribution in [0.25, 0.3) is 0 Å². The van der Waals surface area contributed by atoms with Gasteiger partial charge in [-0.3, -0.25) is 4.79 Å². The third-order valence-electron chi connectivity index (χ3n) is 3.19. The smallest absolute Gasteiger partial charge is 0.340 e. The number of hydrogen-bond acceptors (Lipinski definition) is 4. The van der Waals surface area contributed by atoms with Crippen LogP contribution in [0.2, 0.25) is 10.0 Å². The molecule has 0 unspecified atom stereocenters. The van der Waals surface area contributed by atoms with Gasteiger partial charge in [-0.05, 0) is 30.2 Å². The number of anilines is 1. The number of aryl methyl sites for hydroxylation is 1. The summed E-state index contributed by atoms with van der Waals surface area (Å²) < 4.78 is 4.75. The third-order valence-corrected chi connectivity index (χ3v) is 5.09. The maximum Gasteiger partial charge on any atom is 0.340 e. The predicted molar refractivity (Wildman–Crippen MR) is 93.8 cm³/mol. The molecule has 1 aromatic carbocycles. The number of nitrogens with one attached hydrogen (secondary N) is 1. The molecule has 4 nitrogen and oxygen atoms in total. The standard InChI is InChI=1S/C16H15Cl2NO3S/c1-3-9-7-11(16(21)22-2)15(23-9)19-14(20)8-10-12(17)5-4-6-13(10)18/h4-7H,3,8H2,1-2H3,(H,19,20). The van der Waals surface area contributed by atoms with Gasteiger partial charge in [0.05, 0.1) is 19.1 Å². The Kier molecular flexibility index (Phi) is 6.04. The summed E-state index contributed by atoms with van der Waals surface area (Å²) in [5, 5.41) is 4.08. The van der Waals surface area contributed by atoms with E-state index in [1.54, 1.807) is 24.3 Å². The number of benzene rings is 1. The minimum absolute atomic E-state index is 0.0263. The number of methoxy groups -OCH3 is 1. The van der Waals surface area contributed by atoms with Gasteiger partial charge in [-0.25, -0.2) is 4.79 Å². The zero-order valence-electron chi connectivity index (χ0n) is 12.6. The van der Waals surface area contributed by atoms with E-state index < -0.39 is 5.97 Å². The zero-order chi connectivity index (χ0) is 17.0. The topological polar surface area (TPSA) is 55.4 Å². The van der Waals surface area contributed by atoms with Crippen LogP contribution >= 0.6 is 34.5 Å². The molecule has 23 heavy (non-hydrogen) atoms. The maximum absolute atomic E-state index is 12.3. The molecular formula is C16H15Cl2NO3S. The van der Waals surface area contributed by atoms with Crippen LogP contribution < -0.4 is 5.32 Å². The molecule has 1 N–H and O–H groups in total. The molecule has 2 aromatic rings. The highest BCUT2D eigenvalue weighted by molar-refractivity contribution is 7.16. The highest BCUT2D eigenvalue weighted by Crippen LogP contribution is 2.30. The molecule has 0 aliphatic heterocycles. The molecule has 2 rings (SSSR count). The lowest BCUT2D eigenvalue weighted by atomic mass is 10.1. The van der Waals surface area contributed by atoms with Crippen molar-refractivity contribution in [3.8, 4) is 0 Å². The molecule has 0 radical (unpaired) electrons. The van der Waals surface area contributed by atoms with E-state index in [1.807, 2.05) is 6.92 Å². The first-order valence-electron chi connectivity index (χ1n) is 6.90. The second kappa shape index (κ2) is 7.81. The number of hydrogen-bond donors (Lipinski definition) is 1. The van der Waals surface area contributed by atoms with Crippen LogP contribution in [-0.2, 0) is 22.4 Å². The predicted octanol–water partition coefficient (Wildman–Crippen LogP) is 4.59. The normalized spacial score (nSPS) is 10.4. The monoisotopic (exact) mass is 371 g/mol. The summed E-state index contributed by atoms with van der Waals surface area (Å²) >= 11 is 13.5. The second-order valence-corrected chi connectivity index (χ2v) is 6.68. The number of esters is 1. The van der Waals surface area contributed by atoms with E-state index in [2.05, 4.69) is 5.32 Å². The first-order chi connectivity index (χ1) is 11.0. The van der Waals surface area contributed by atoms with Gasteiger partial charge < -0.3 is 10.1 Å². The Morgan fingerprint density at radius 2 is 1.91 bits per heavy atom. The van der Waals surface area contributed by atoms with Gasteiger partial charge in [0.1, 0.15) is 5.00 Å². The van der Waals surface area contributed by atoms with Gasteiger partial charge in [0.15, 0.2) is 0 Å². The van der Waals surface area contributed by atoms with Crippen molar-refractivity contribution in [2.75, 3.05) is 12.4 Å². The fourth-order valence-electron chi connectivity index (χ4n) is 2.00. The summed E-state index contributed by atoms with van der Waals surface area (Å²) in [4.78, 5) is 25.1. The van der Waals surface area contributed by atoms with Gasteiger partial charge in [0.2, 0.25) is 5.91 Å². The van der Waals surface area contributed by atoms with Crippen molar-refractivity contribution in [2.45, 2.75) is 19.8 Å². The fraction of sp³-hybridized carbons (Fsp3) is 0.250. The Labute approximate surface area is 148 Å². The molecule has 0 saturated heterocycles. The Balaban J connectivity index is 2.20. The minimum atomic E-state index is -0.480. The van der Waals surface area contributed by atoms with E-state index in [-0.39, 0.29) is 12.3 Å². The van der Waals surface area contributed by atoms with Crippen molar-refractivity contribution < 1.29 is 14.3 Å². The van der Waals surface area contributed by atoms with E-state index in [9.17, 15) is 9.59 Å². The lowest BCUT2D eigenvalue weighted by molar-refractivity contribution is -0.115. The van der Waals surface area contributed by atoms with Crippen molar-refractivity contribution in [1.82, 2.24) is 0 Å². The van der Waals surface area contributed by atoms with Crippen molar-refractivity contribution in [2.24, 2.45) is 0 Å². The largest absolute Gasteiger partial charge is 0.465 e. The molecule has 0 aliphatic rings. The van der Waals surface area contributed by atoms with Crippen molar-refractivity contribution >= 4 is 51.4 Å². The van der Waals surface area contributed by atoms with Crippen LogP contribution in [0, 0.1) is 0 Å². The lowest BCUT2D eigenvalue weighted by Gasteiger charge is -2.08. The zero-order valence-corrected chi connectivity index (χ0v) is 14.9. The number of carbonyl (C=O) groups is 2. The highest BCUT2D eigenvalue weighted by atomic mass is 35.5. The van der Waals surface area contributed by atoms with Crippen LogP contribution in [0.4, 0.5) is 5.00 Å². The molecule has 1 amide bonds. The first-order valence-corrected chi connectivity index (χ1v) is 8.47. The highest BCUT2D eigenvalue weighted by Gasteiger charge is 2.19. The van der Waals surface area contributed by atoms with Gasteiger partial charge in [-0.2, -0.15) is 0 Å². The summed E-state index contributed by atoms with van der Waals surface area (Å²) in [5.41, 5.74) is 0.910. The van der Waals surface area contributed by atoms with Crippen LogP contribution in [0.5, 0.6) is 0 Å². The van der Waals surface area contributed by atoms with Crippen molar-refractivity contribution in [3.63, 3.8) is 0 Å². The summed E-state index contributed by atoms with van der Waals surface area (Å²) in [6.45, 7) is 1.97. The number of halogens is 2. The van der Waals surface area contributed by atoms with Crippen LogP contribution in [0.15, 0.2) is 24.3 Å². The average Bonchev–Trinajstić information content (AvgIpc) is 2.93. The number of carbonyl (C=O) groups excluding carboxylic acids is 2. The number of rotatable bonds is 5. The van der Waals surface area contributed by atoms with Gasteiger partial charge in [-0.1, -0.05) is 36.2 Å². The van der Waals surface area contributed by atoms with Gasteiger partial charge in [-0.15, -0.1) is 11.3 Å². The fourth-order valence-corrected chi connectivity index (χ4v) is 3.53. The molecule has 0 fully saturated rings. The number of thiophene rings is 1. The molecule has 1 aromatic heterocycles. The van der Waals surface area contributed by atoms with E-state index in [0.29, 0.717) is 26.2 Å². The van der Waals surface area contributed by atoms with Gasteiger partial charge in [0.25, 0.3) is 0 Å². The molecule has 0 atom stereocenters. The first kappa shape index (κ1) is 17.8. The summed E-state index contributed by atoms with van der Waals surface area (Å²) in [6.07, 6.45) is 0.791. The quantitative estimate of drug-likeness (QED) is 0.782. The third kappa shape index (κ3) is 4.25. The van der Waals surface area contributed by atoms with E-state index in [4.69, 9.17) is 27.9 Å². The Bertz CT molecular complexity index is 723. The molecule has 7 heteroatoms. The summed E-state index contributed by atoms with van der Waals surface area (Å²) in [6, 6.07) is 6.80. The maximum atomic E-state index is 12.3. The van der Waals surface area contributed by atoms with Crippen LogP contribution in [0.3, 0.4) is 0 Å². The lowest BCUT2D eigenvalue weighted by Crippen LogP contribution is -2.16. The number of ether oxygens (including phenoxy) is 1. The summed E-state index contributed by atoms with van der Waals surface area (Å²) in [5.74, 6) is -0.776. The van der Waals surface area contributed by atoms with Crippen LogP contribution in [0.1, 0.15) is 27.7 Å². The van der Waals surface area contributed by atoms with Crippen LogP contribution in [-0.4, -0.2) is 19.0 Å². The molecule has 0 spiro atoms. The Morgan fingerprint density at radius 1 is 1.26 bits per heavy atom. The molecule has 0 aliphatic carbocycles. The van der Waals surface area contributed by atoms with E-state index in [0.717, 1.165) is 11.3 Å². The Morgan fingerprint density at radius 3 is 2.48 bits per heavy atom. The van der Waals surface area contributed by atoms with Crippen molar-refractivity contribution in [1.29, 1.82) is 0 Å². The van der Waals surface area contributed by atoms with Gasteiger partial charge >= 0.3 is 5.97 Å². The van der Waals surface area contributed by atoms with E-state index in [1.165, 1.54) is 18.4 Å². The molecule has 122 valence electrons.